The summed E-state index contributed by atoms with van der Waals surface area (Å²) in [7, 11) is 0. The van der Waals surface area contributed by atoms with Crippen molar-refractivity contribution in [3.05, 3.63) is 75.5 Å². The van der Waals surface area contributed by atoms with Crippen LogP contribution in [0, 0.1) is 17.0 Å². The van der Waals surface area contributed by atoms with Gasteiger partial charge in [-0.05, 0) is 19.1 Å². The minimum Gasteiger partial charge on any atom is -0.545 e. The molecule has 0 fully saturated rings. The highest BCUT2D eigenvalue weighted by atomic mass is 16.6. The molecule has 2 aromatic carbocycles. The largest absolute Gasteiger partial charge is 0.545 e. The molecule has 152 valence electrons. The summed E-state index contributed by atoms with van der Waals surface area (Å²) in [6, 6.07) is 11.5. The number of nitrogens with zero attached hydrogens (tertiary/aromatic N) is 3. The number of aromatic nitrogens is 2. The van der Waals surface area contributed by atoms with Gasteiger partial charge < -0.3 is 30.4 Å². The second-order valence-corrected chi connectivity index (χ2v) is 6.00. The van der Waals surface area contributed by atoms with Crippen LogP contribution in [0.3, 0.4) is 0 Å². The summed E-state index contributed by atoms with van der Waals surface area (Å²) in [6.07, 6.45) is 0. The number of nitro groups is 1. The van der Waals surface area contributed by atoms with Gasteiger partial charge in [-0.3, -0.25) is 10.1 Å². The summed E-state index contributed by atoms with van der Waals surface area (Å²) in [4.78, 5) is 41.4. The maximum absolute atomic E-state index is 11.5. The van der Waals surface area contributed by atoms with Gasteiger partial charge in [0, 0.05) is 22.5 Å². The number of carboxylic acids is 2. The Morgan fingerprint density at radius 1 is 0.867 bits per heavy atom. The second kappa shape index (κ2) is 8.22. The van der Waals surface area contributed by atoms with E-state index in [-0.39, 0.29) is 40.0 Å². The van der Waals surface area contributed by atoms with E-state index in [0.29, 0.717) is 0 Å². The van der Waals surface area contributed by atoms with Crippen molar-refractivity contribution < 1.29 is 24.7 Å². The first kappa shape index (κ1) is 20.2. The monoisotopic (exact) mass is 407 g/mol. The first-order valence-corrected chi connectivity index (χ1v) is 8.45. The lowest BCUT2D eigenvalue weighted by Gasteiger charge is -2.15. The number of nitrogens with one attached hydrogen (secondary N) is 2. The Kier molecular flexibility index (Phi) is 5.54. The normalized spacial score (nSPS) is 10.3. The van der Waals surface area contributed by atoms with Gasteiger partial charge in [0.1, 0.15) is 5.69 Å². The van der Waals surface area contributed by atoms with E-state index in [4.69, 9.17) is 0 Å². The molecule has 0 aliphatic carbocycles. The fourth-order valence-electron chi connectivity index (χ4n) is 2.72. The van der Waals surface area contributed by atoms with E-state index in [1.807, 2.05) is 0 Å². The fraction of sp³-hybridized carbons (Fsp3) is 0.0526. The number of carbonyl (C=O) groups is 2. The average Bonchev–Trinajstić information content (AvgIpc) is 2.68. The first-order chi connectivity index (χ1) is 14.3. The lowest BCUT2D eigenvalue weighted by atomic mass is 10.1. The SMILES string of the molecule is Cc1nc(Nc2ccccc2C(=O)[O-])nc(Nc2ccccc2C(=O)[O-])c1[N+](=O)[O-]. The van der Waals surface area contributed by atoms with Crippen LogP contribution in [0.4, 0.5) is 28.8 Å². The lowest BCUT2D eigenvalue weighted by molar-refractivity contribution is -0.385. The molecule has 0 radical (unpaired) electrons. The highest BCUT2D eigenvalue weighted by Gasteiger charge is 2.23. The van der Waals surface area contributed by atoms with Gasteiger partial charge in [0.2, 0.25) is 11.8 Å². The molecule has 30 heavy (non-hydrogen) atoms. The zero-order chi connectivity index (χ0) is 21.8. The summed E-state index contributed by atoms with van der Waals surface area (Å²) in [5.74, 6) is -3.33. The van der Waals surface area contributed by atoms with Crippen LogP contribution in [-0.4, -0.2) is 26.8 Å². The standard InChI is InChI=1S/C19H15N5O6/c1-10-15(24(29)30)16(21-13-8-4-2-6-11(13)17(25)26)23-19(20-10)22-14-9-5-3-7-12(14)18(27)28/h2-9H,1H3,(H,25,26)(H,27,28)(H2,20,21,22,23)/p-2. The van der Waals surface area contributed by atoms with Gasteiger partial charge in [-0.25, -0.2) is 4.98 Å². The predicted octanol–water partition coefficient (Wildman–Crippen LogP) is 0.907. The molecule has 11 nitrogen and oxygen atoms in total. The molecule has 3 aromatic rings. The van der Waals surface area contributed by atoms with Crippen molar-refractivity contribution in [1.29, 1.82) is 0 Å². The number of anilines is 4. The molecule has 0 saturated heterocycles. The molecule has 0 bridgehead atoms. The van der Waals surface area contributed by atoms with Crippen LogP contribution in [0.2, 0.25) is 0 Å². The van der Waals surface area contributed by atoms with E-state index < -0.39 is 22.5 Å². The molecule has 3 rings (SSSR count). The number of hydrogen-bond acceptors (Lipinski definition) is 10. The van der Waals surface area contributed by atoms with Crippen molar-refractivity contribution >= 4 is 40.8 Å². The van der Waals surface area contributed by atoms with Crippen LogP contribution >= 0.6 is 0 Å². The van der Waals surface area contributed by atoms with Gasteiger partial charge in [-0.15, -0.1) is 0 Å². The quantitative estimate of drug-likeness (QED) is 0.423. The molecule has 0 atom stereocenters. The molecule has 1 aromatic heterocycles. The molecule has 2 N–H and O–H groups in total. The number of rotatable bonds is 7. The molecule has 1 heterocycles. The van der Waals surface area contributed by atoms with Crippen LogP contribution < -0.4 is 20.8 Å². The summed E-state index contributed by atoms with van der Waals surface area (Å²) in [5, 5.41) is 39.4. The van der Waals surface area contributed by atoms with Crippen LogP contribution in [0.15, 0.2) is 48.5 Å². The minimum atomic E-state index is -1.48. The van der Waals surface area contributed by atoms with Gasteiger partial charge in [-0.1, -0.05) is 36.4 Å². The van der Waals surface area contributed by atoms with Gasteiger partial charge in [0.15, 0.2) is 0 Å². The molecule has 0 spiro atoms. The van der Waals surface area contributed by atoms with E-state index in [9.17, 15) is 29.9 Å². The molecule has 0 amide bonds. The molecular weight excluding hydrogens is 394 g/mol. The molecular formula is C19H13N5O6-2. The van der Waals surface area contributed by atoms with Crippen molar-refractivity contribution in [1.82, 2.24) is 9.97 Å². The Bertz CT molecular complexity index is 1160. The Labute approximate surface area is 169 Å². The number of aryl methyl sites for hydroxylation is 1. The van der Waals surface area contributed by atoms with Gasteiger partial charge in [-0.2, -0.15) is 4.98 Å². The van der Waals surface area contributed by atoms with Gasteiger partial charge in [0.25, 0.3) is 0 Å². The number of aromatic carboxylic acids is 2. The van der Waals surface area contributed by atoms with Crippen molar-refractivity contribution in [2.75, 3.05) is 10.6 Å². The molecule has 0 aliphatic rings. The number of carbonyl (C=O) groups excluding carboxylic acids is 2. The molecule has 0 aliphatic heterocycles. The number of hydrogen-bond donors (Lipinski definition) is 2. The minimum absolute atomic E-state index is 0.0276. The molecule has 0 saturated carbocycles. The summed E-state index contributed by atoms with van der Waals surface area (Å²) in [5.41, 5.74) is -0.737. The molecule has 11 heteroatoms. The van der Waals surface area contributed by atoms with Crippen LogP contribution in [-0.2, 0) is 0 Å². The fourth-order valence-corrected chi connectivity index (χ4v) is 2.72. The summed E-state index contributed by atoms with van der Waals surface area (Å²) < 4.78 is 0. The Balaban J connectivity index is 2.08. The third-order valence-corrected chi connectivity index (χ3v) is 4.03. The van der Waals surface area contributed by atoms with Crippen molar-refractivity contribution in [2.45, 2.75) is 6.92 Å². The van der Waals surface area contributed by atoms with Crippen LogP contribution in [0.5, 0.6) is 0 Å². The Hall–Kier alpha value is -4.54. The van der Waals surface area contributed by atoms with E-state index in [2.05, 4.69) is 20.6 Å². The molecule has 0 unspecified atom stereocenters. The predicted molar refractivity (Wildman–Crippen MR) is 102 cm³/mol. The number of carboxylic acid groups (broad SMARTS) is 2. The Morgan fingerprint density at radius 2 is 1.37 bits per heavy atom. The zero-order valence-corrected chi connectivity index (χ0v) is 15.4. The third-order valence-electron chi connectivity index (χ3n) is 4.03. The van der Waals surface area contributed by atoms with Crippen molar-refractivity contribution in [3.8, 4) is 0 Å². The zero-order valence-electron chi connectivity index (χ0n) is 15.4. The summed E-state index contributed by atoms with van der Waals surface area (Å²) in [6.45, 7) is 1.37. The first-order valence-electron chi connectivity index (χ1n) is 8.45. The van der Waals surface area contributed by atoms with Crippen LogP contribution in [0.1, 0.15) is 26.4 Å². The average molecular weight is 407 g/mol. The van der Waals surface area contributed by atoms with E-state index >= 15 is 0 Å². The highest BCUT2D eigenvalue weighted by molar-refractivity contribution is 5.94. The van der Waals surface area contributed by atoms with E-state index in [1.54, 1.807) is 6.07 Å². The van der Waals surface area contributed by atoms with Crippen molar-refractivity contribution in [2.24, 2.45) is 0 Å². The maximum Gasteiger partial charge on any atom is 0.332 e. The second-order valence-electron chi connectivity index (χ2n) is 6.00. The van der Waals surface area contributed by atoms with E-state index in [1.165, 1.54) is 49.4 Å². The maximum atomic E-state index is 11.5. The lowest BCUT2D eigenvalue weighted by Crippen LogP contribution is -2.23. The van der Waals surface area contributed by atoms with Crippen LogP contribution in [0.25, 0.3) is 0 Å². The van der Waals surface area contributed by atoms with Crippen molar-refractivity contribution in [3.63, 3.8) is 0 Å². The topological polar surface area (TPSA) is 173 Å². The Morgan fingerprint density at radius 3 is 1.87 bits per heavy atom. The van der Waals surface area contributed by atoms with Gasteiger partial charge >= 0.3 is 5.69 Å². The number of para-hydroxylation sites is 2. The highest BCUT2D eigenvalue weighted by Crippen LogP contribution is 2.31. The number of benzene rings is 2. The van der Waals surface area contributed by atoms with E-state index in [0.717, 1.165) is 0 Å². The third kappa shape index (κ3) is 4.14. The van der Waals surface area contributed by atoms with Gasteiger partial charge in [0.05, 0.1) is 16.9 Å². The smallest absolute Gasteiger partial charge is 0.332 e. The summed E-state index contributed by atoms with van der Waals surface area (Å²) >= 11 is 0.